The first-order chi connectivity index (χ1) is 9.69. The normalized spacial score (nSPS) is 10.4. The number of aromatic hydroxyl groups is 1. The van der Waals surface area contributed by atoms with Gasteiger partial charge in [-0.15, -0.1) is 0 Å². The van der Waals surface area contributed by atoms with Gasteiger partial charge in [0.25, 0.3) is 5.91 Å². The molecule has 0 atom stereocenters. The van der Waals surface area contributed by atoms with Gasteiger partial charge in [0.05, 0.1) is 13.3 Å². The van der Waals surface area contributed by atoms with Crippen LogP contribution in [0.3, 0.4) is 0 Å². The maximum Gasteiger partial charge on any atom is 0.271 e. The van der Waals surface area contributed by atoms with Gasteiger partial charge in [-0.1, -0.05) is 6.07 Å². The third-order valence-corrected chi connectivity index (χ3v) is 2.60. The van der Waals surface area contributed by atoms with Gasteiger partial charge in [-0.2, -0.15) is 5.10 Å². The Kier molecular flexibility index (Phi) is 4.34. The Morgan fingerprint density at radius 1 is 1.25 bits per heavy atom. The quantitative estimate of drug-likeness (QED) is 0.660. The summed E-state index contributed by atoms with van der Waals surface area (Å²) in [5, 5.41) is 13.1. The van der Waals surface area contributed by atoms with E-state index in [1.165, 1.54) is 18.3 Å². The number of hydrogen-bond acceptors (Lipinski definition) is 4. The van der Waals surface area contributed by atoms with Crippen molar-refractivity contribution in [1.82, 2.24) is 5.43 Å². The molecule has 2 N–H and O–H groups in total. The lowest BCUT2D eigenvalue weighted by Crippen LogP contribution is -2.17. The molecule has 2 rings (SSSR count). The van der Waals surface area contributed by atoms with Gasteiger partial charge >= 0.3 is 0 Å². The Morgan fingerprint density at radius 3 is 2.65 bits per heavy atom. The van der Waals surface area contributed by atoms with E-state index in [-0.39, 0.29) is 11.7 Å². The molecule has 0 aliphatic heterocycles. The van der Waals surface area contributed by atoms with Gasteiger partial charge < -0.3 is 9.84 Å². The molecule has 0 heterocycles. The number of amides is 1. The third-order valence-electron chi connectivity index (χ3n) is 2.60. The first kappa shape index (κ1) is 13.6. The van der Waals surface area contributed by atoms with E-state index in [4.69, 9.17) is 4.74 Å². The lowest BCUT2D eigenvalue weighted by Gasteiger charge is -2.01. The molecule has 0 bridgehead atoms. The fraction of sp³-hybridized carbons (Fsp3) is 0.0667. The summed E-state index contributed by atoms with van der Waals surface area (Å²) >= 11 is 0. The van der Waals surface area contributed by atoms with Crippen LogP contribution in [0.5, 0.6) is 11.5 Å². The molecule has 0 saturated carbocycles. The van der Waals surface area contributed by atoms with Crippen molar-refractivity contribution in [1.29, 1.82) is 0 Å². The number of benzene rings is 2. The van der Waals surface area contributed by atoms with E-state index in [0.29, 0.717) is 5.56 Å². The molecule has 20 heavy (non-hydrogen) atoms. The van der Waals surface area contributed by atoms with Crippen molar-refractivity contribution in [3.05, 3.63) is 59.7 Å². The smallest absolute Gasteiger partial charge is 0.271 e. The number of ether oxygens (including phenoxy) is 1. The summed E-state index contributed by atoms with van der Waals surface area (Å²) < 4.78 is 5.04. The van der Waals surface area contributed by atoms with Crippen LogP contribution in [0.25, 0.3) is 0 Å². The van der Waals surface area contributed by atoms with Crippen molar-refractivity contribution < 1.29 is 14.6 Å². The van der Waals surface area contributed by atoms with Crippen LogP contribution in [-0.4, -0.2) is 24.3 Å². The molecule has 5 heteroatoms. The summed E-state index contributed by atoms with van der Waals surface area (Å²) in [6.45, 7) is 0. The Hall–Kier alpha value is -2.82. The number of phenols is 1. The summed E-state index contributed by atoms with van der Waals surface area (Å²) in [6.07, 6.45) is 1.53. The van der Waals surface area contributed by atoms with Gasteiger partial charge in [0.1, 0.15) is 11.5 Å². The zero-order valence-corrected chi connectivity index (χ0v) is 10.9. The molecule has 102 valence electrons. The average molecular weight is 270 g/mol. The number of hydrazone groups is 1. The number of carbonyl (C=O) groups excluding carboxylic acids is 1. The molecular formula is C15H14N2O3. The minimum atomic E-state index is -0.384. The summed E-state index contributed by atoms with van der Waals surface area (Å²) in [5.74, 6) is 0.411. The van der Waals surface area contributed by atoms with Gasteiger partial charge in [0.2, 0.25) is 0 Å². The van der Waals surface area contributed by atoms with Crippen molar-refractivity contribution in [2.75, 3.05) is 7.11 Å². The number of nitrogens with one attached hydrogen (secondary N) is 1. The molecule has 0 aliphatic carbocycles. The zero-order valence-electron chi connectivity index (χ0n) is 10.9. The van der Waals surface area contributed by atoms with Crippen molar-refractivity contribution in [3.8, 4) is 11.5 Å². The summed E-state index contributed by atoms with van der Waals surface area (Å²) in [5.41, 5.74) is 3.57. The van der Waals surface area contributed by atoms with Gasteiger partial charge in [0, 0.05) is 5.56 Å². The summed E-state index contributed by atoms with van der Waals surface area (Å²) in [7, 11) is 1.60. The van der Waals surface area contributed by atoms with Crippen LogP contribution in [0.15, 0.2) is 53.6 Å². The highest BCUT2D eigenvalue weighted by molar-refractivity contribution is 5.95. The minimum absolute atomic E-state index is 0.0387. The molecule has 0 unspecified atom stereocenters. The van der Waals surface area contributed by atoms with Crippen molar-refractivity contribution >= 4 is 12.1 Å². The summed E-state index contributed by atoms with van der Waals surface area (Å²) in [4.78, 5) is 11.7. The predicted octanol–water partition coefficient (Wildman–Crippen LogP) is 2.16. The predicted molar refractivity (Wildman–Crippen MR) is 76.2 cm³/mol. The van der Waals surface area contributed by atoms with Gasteiger partial charge in [-0.25, -0.2) is 5.43 Å². The largest absolute Gasteiger partial charge is 0.508 e. The molecule has 0 spiro atoms. The van der Waals surface area contributed by atoms with Crippen molar-refractivity contribution in [2.45, 2.75) is 0 Å². The highest BCUT2D eigenvalue weighted by Crippen LogP contribution is 2.11. The maximum atomic E-state index is 11.7. The topological polar surface area (TPSA) is 70.9 Å². The second-order valence-corrected chi connectivity index (χ2v) is 4.02. The van der Waals surface area contributed by atoms with Gasteiger partial charge in [-0.3, -0.25) is 4.79 Å². The zero-order chi connectivity index (χ0) is 14.4. The van der Waals surface area contributed by atoms with E-state index < -0.39 is 0 Å². The Bertz CT molecular complexity index is 621. The fourth-order valence-electron chi connectivity index (χ4n) is 1.57. The Morgan fingerprint density at radius 2 is 2.00 bits per heavy atom. The number of carbonyl (C=O) groups is 1. The second-order valence-electron chi connectivity index (χ2n) is 4.02. The number of hydrogen-bond donors (Lipinski definition) is 2. The lowest BCUT2D eigenvalue weighted by molar-refractivity contribution is 0.0954. The fourth-order valence-corrected chi connectivity index (χ4v) is 1.57. The van der Waals surface area contributed by atoms with Crippen LogP contribution in [0.4, 0.5) is 0 Å². The Labute approximate surface area is 116 Å². The first-order valence-corrected chi connectivity index (χ1v) is 5.95. The molecule has 0 fully saturated rings. The summed E-state index contributed by atoms with van der Waals surface area (Å²) in [6, 6.07) is 13.3. The molecule has 0 radical (unpaired) electrons. The monoisotopic (exact) mass is 270 g/mol. The van der Waals surface area contributed by atoms with Crippen LogP contribution in [0.2, 0.25) is 0 Å². The van der Waals surface area contributed by atoms with Crippen LogP contribution in [0.1, 0.15) is 15.9 Å². The highest BCUT2D eigenvalue weighted by atomic mass is 16.5. The third kappa shape index (κ3) is 3.58. The first-order valence-electron chi connectivity index (χ1n) is 5.95. The van der Waals surface area contributed by atoms with Gasteiger partial charge in [0.15, 0.2) is 0 Å². The molecule has 0 aliphatic rings. The van der Waals surface area contributed by atoms with E-state index in [1.807, 2.05) is 12.1 Å². The Balaban J connectivity index is 1.97. The van der Waals surface area contributed by atoms with E-state index in [9.17, 15) is 9.90 Å². The number of nitrogens with zero attached hydrogens (tertiary/aromatic N) is 1. The second kappa shape index (κ2) is 6.38. The number of rotatable bonds is 4. The van der Waals surface area contributed by atoms with Gasteiger partial charge in [-0.05, 0) is 48.0 Å². The average Bonchev–Trinajstić information content (AvgIpc) is 2.48. The maximum absolute atomic E-state index is 11.7. The molecule has 0 aromatic heterocycles. The molecule has 0 saturated heterocycles. The van der Waals surface area contributed by atoms with Crippen molar-refractivity contribution in [3.63, 3.8) is 0 Å². The van der Waals surface area contributed by atoms with E-state index in [2.05, 4.69) is 10.5 Å². The van der Waals surface area contributed by atoms with E-state index >= 15 is 0 Å². The highest BCUT2D eigenvalue weighted by Gasteiger charge is 2.03. The van der Waals surface area contributed by atoms with E-state index in [1.54, 1.807) is 31.4 Å². The standard InChI is InChI=1S/C15H14N2O3/c1-20-14-7-5-11(6-8-14)10-16-17-15(19)12-3-2-4-13(18)9-12/h2-10,18H,1H3,(H,17,19)/b16-10+. The number of methoxy groups -OCH3 is 1. The lowest BCUT2D eigenvalue weighted by atomic mass is 10.2. The SMILES string of the molecule is COc1ccc(/C=N/NC(=O)c2cccc(O)c2)cc1. The van der Waals surface area contributed by atoms with Crippen LogP contribution >= 0.6 is 0 Å². The van der Waals surface area contributed by atoms with Crippen LogP contribution < -0.4 is 10.2 Å². The number of phenolic OH excluding ortho intramolecular Hbond substituents is 1. The molecule has 2 aromatic carbocycles. The molecule has 2 aromatic rings. The van der Waals surface area contributed by atoms with E-state index in [0.717, 1.165) is 11.3 Å². The van der Waals surface area contributed by atoms with Crippen molar-refractivity contribution in [2.24, 2.45) is 5.10 Å². The minimum Gasteiger partial charge on any atom is -0.508 e. The van der Waals surface area contributed by atoms with Crippen LogP contribution in [-0.2, 0) is 0 Å². The molecule has 1 amide bonds. The molecule has 5 nitrogen and oxygen atoms in total. The molecular weight excluding hydrogens is 256 g/mol. The van der Waals surface area contributed by atoms with Crippen LogP contribution in [0, 0.1) is 0 Å².